The predicted molar refractivity (Wildman–Crippen MR) is 78.9 cm³/mol. The molecule has 1 N–H and O–H groups in total. The van der Waals surface area contributed by atoms with Crippen LogP contribution in [0, 0.1) is 17.3 Å². The molecule has 0 amide bonds. The van der Waals surface area contributed by atoms with Crippen molar-refractivity contribution < 1.29 is 4.74 Å². The fourth-order valence-corrected chi connectivity index (χ4v) is 2.95. The molecule has 1 atom stereocenters. The lowest BCUT2D eigenvalue weighted by Crippen LogP contribution is -2.30. The average Bonchev–Trinajstić information content (AvgIpc) is 2.33. The van der Waals surface area contributed by atoms with Crippen LogP contribution in [0.25, 0.3) is 0 Å². The molecule has 1 heterocycles. The maximum atomic E-state index is 5.41. The van der Waals surface area contributed by atoms with Crippen molar-refractivity contribution in [1.82, 2.24) is 5.32 Å². The van der Waals surface area contributed by atoms with Gasteiger partial charge in [0.25, 0.3) is 0 Å². The smallest absolute Gasteiger partial charge is 0.0468 e. The molecular weight excluding hydrogens is 222 g/mol. The lowest BCUT2D eigenvalue weighted by atomic mass is 9.77. The first kappa shape index (κ1) is 16.0. The van der Waals surface area contributed by atoms with Crippen LogP contribution < -0.4 is 5.32 Å². The second-order valence-electron chi connectivity index (χ2n) is 6.96. The fraction of sp³-hybridized carbons (Fsp3) is 1.00. The Labute approximate surface area is 114 Å². The Hall–Kier alpha value is -0.0800. The summed E-state index contributed by atoms with van der Waals surface area (Å²) in [7, 11) is 2.07. The molecule has 0 aromatic carbocycles. The third-order valence-corrected chi connectivity index (χ3v) is 4.43. The van der Waals surface area contributed by atoms with Gasteiger partial charge in [0.15, 0.2) is 0 Å². The third-order valence-electron chi connectivity index (χ3n) is 4.43. The van der Waals surface area contributed by atoms with E-state index in [0.29, 0.717) is 5.41 Å². The maximum absolute atomic E-state index is 5.41. The molecular formula is C16H33NO. The Morgan fingerprint density at radius 3 is 2.39 bits per heavy atom. The van der Waals surface area contributed by atoms with Gasteiger partial charge in [-0.1, -0.05) is 40.0 Å². The molecule has 1 aliphatic heterocycles. The monoisotopic (exact) mass is 255 g/mol. The van der Waals surface area contributed by atoms with Gasteiger partial charge >= 0.3 is 0 Å². The van der Waals surface area contributed by atoms with Crippen LogP contribution in [0.15, 0.2) is 0 Å². The molecule has 0 aromatic rings. The van der Waals surface area contributed by atoms with Gasteiger partial charge < -0.3 is 10.1 Å². The summed E-state index contributed by atoms with van der Waals surface area (Å²) in [5, 5.41) is 3.35. The van der Waals surface area contributed by atoms with Crippen molar-refractivity contribution in [3.05, 3.63) is 0 Å². The number of nitrogens with one attached hydrogen (secondary N) is 1. The first-order valence-electron chi connectivity index (χ1n) is 7.76. The molecule has 0 aliphatic carbocycles. The highest BCUT2D eigenvalue weighted by Crippen LogP contribution is 2.30. The second-order valence-corrected chi connectivity index (χ2v) is 6.96. The topological polar surface area (TPSA) is 21.3 Å². The molecule has 0 aromatic heterocycles. The van der Waals surface area contributed by atoms with Crippen molar-refractivity contribution >= 4 is 0 Å². The standard InChI is InChI=1S/C16H33NO/c1-16(2,3)15(13-17-4)8-6-5-7-14-9-11-18-12-10-14/h14-15,17H,5-13H2,1-4H3. The van der Waals surface area contributed by atoms with Crippen molar-refractivity contribution in [2.45, 2.75) is 59.3 Å². The molecule has 18 heavy (non-hydrogen) atoms. The lowest BCUT2D eigenvalue weighted by molar-refractivity contribution is 0.0628. The lowest BCUT2D eigenvalue weighted by Gasteiger charge is -2.31. The number of rotatable bonds is 7. The summed E-state index contributed by atoms with van der Waals surface area (Å²) in [5.41, 5.74) is 0.432. The molecule has 1 fully saturated rings. The zero-order chi connectivity index (χ0) is 13.4. The van der Waals surface area contributed by atoms with Gasteiger partial charge in [0, 0.05) is 13.2 Å². The van der Waals surface area contributed by atoms with Crippen LogP contribution >= 0.6 is 0 Å². The molecule has 1 rings (SSSR count). The molecule has 2 nitrogen and oxygen atoms in total. The predicted octanol–water partition coefficient (Wildman–Crippen LogP) is 3.86. The Morgan fingerprint density at radius 1 is 1.17 bits per heavy atom. The second kappa shape index (κ2) is 8.16. The van der Waals surface area contributed by atoms with Crippen LogP contribution in [0.1, 0.15) is 59.3 Å². The van der Waals surface area contributed by atoms with E-state index >= 15 is 0 Å². The molecule has 2 heteroatoms. The number of ether oxygens (including phenoxy) is 1. The van der Waals surface area contributed by atoms with Gasteiger partial charge in [0.1, 0.15) is 0 Å². The zero-order valence-corrected chi connectivity index (χ0v) is 12.9. The van der Waals surface area contributed by atoms with Crippen LogP contribution in [0.3, 0.4) is 0 Å². The Balaban J connectivity index is 2.14. The summed E-state index contributed by atoms with van der Waals surface area (Å²) < 4.78 is 5.41. The van der Waals surface area contributed by atoms with Crippen LogP contribution in [-0.2, 0) is 4.74 Å². The molecule has 1 saturated heterocycles. The molecule has 0 spiro atoms. The van der Waals surface area contributed by atoms with E-state index in [-0.39, 0.29) is 0 Å². The van der Waals surface area contributed by atoms with Crippen LogP contribution in [0.5, 0.6) is 0 Å². The molecule has 1 unspecified atom stereocenters. The summed E-state index contributed by atoms with van der Waals surface area (Å²) in [4.78, 5) is 0. The molecule has 108 valence electrons. The molecule has 1 aliphatic rings. The van der Waals surface area contributed by atoms with E-state index in [1.807, 2.05) is 0 Å². The van der Waals surface area contributed by atoms with Gasteiger partial charge in [-0.15, -0.1) is 0 Å². The summed E-state index contributed by atoms with van der Waals surface area (Å²) in [6.07, 6.45) is 8.16. The largest absolute Gasteiger partial charge is 0.381 e. The minimum absolute atomic E-state index is 0.432. The Kier molecular flexibility index (Phi) is 7.25. The molecule has 0 saturated carbocycles. The molecule has 0 bridgehead atoms. The third kappa shape index (κ3) is 6.19. The number of hydrogen-bond acceptors (Lipinski definition) is 2. The fourth-order valence-electron chi connectivity index (χ4n) is 2.95. The van der Waals surface area contributed by atoms with Crippen molar-refractivity contribution in [1.29, 1.82) is 0 Å². The van der Waals surface area contributed by atoms with E-state index in [9.17, 15) is 0 Å². The van der Waals surface area contributed by atoms with E-state index in [1.54, 1.807) is 0 Å². The summed E-state index contributed by atoms with van der Waals surface area (Å²) in [6.45, 7) is 10.2. The first-order chi connectivity index (χ1) is 8.54. The van der Waals surface area contributed by atoms with E-state index in [2.05, 4.69) is 33.1 Å². The van der Waals surface area contributed by atoms with E-state index < -0.39 is 0 Å². The van der Waals surface area contributed by atoms with Gasteiger partial charge in [-0.05, 0) is 50.1 Å². The van der Waals surface area contributed by atoms with Crippen LogP contribution in [0.2, 0.25) is 0 Å². The van der Waals surface area contributed by atoms with Crippen molar-refractivity contribution in [3.63, 3.8) is 0 Å². The first-order valence-corrected chi connectivity index (χ1v) is 7.76. The minimum atomic E-state index is 0.432. The quantitative estimate of drug-likeness (QED) is 0.698. The molecule has 0 radical (unpaired) electrons. The van der Waals surface area contributed by atoms with Crippen molar-refractivity contribution in [3.8, 4) is 0 Å². The highest BCUT2D eigenvalue weighted by molar-refractivity contribution is 4.75. The number of hydrogen-bond donors (Lipinski definition) is 1. The van der Waals surface area contributed by atoms with E-state index in [1.165, 1.54) is 38.5 Å². The minimum Gasteiger partial charge on any atom is -0.381 e. The van der Waals surface area contributed by atoms with Gasteiger partial charge in [-0.25, -0.2) is 0 Å². The zero-order valence-electron chi connectivity index (χ0n) is 12.9. The highest BCUT2D eigenvalue weighted by Gasteiger charge is 2.23. The normalized spacial score (nSPS) is 20.0. The van der Waals surface area contributed by atoms with Gasteiger partial charge in [0.2, 0.25) is 0 Å². The average molecular weight is 255 g/mol. The van der Waals surface area contributed by atoms with Crippen LogP contribution in [0.4, 0.5) is 0 Å². The highest BCUT2D eigenvalue weighted by atomic mass is 16.5. The Morgan fingerprint density at radius 2 is 1.83 bits per heavy atom. The van der Waals surface area contributed by atoms with Gasteiger partial charge in [-0.3, -0.25) is 0 Å². The summed E-state index contributed by atoms with van der Waals surface area (Å²) in [5.74, 6) is 1.74. The van der Waals surface area contributed by atoms with Gasteiger partial charge in [-0.2, -0.15) is 0 Å². The van der Waals surface area contributed by atoms with Crippen molar-refractivity contribution in [2.75, 3.05) is 26.8 Å². The van der Waals surface area contributed by atoms with E-state index in [4.69, 9.17) is 4.74 Å². The number of unbranched alkanes of at least 4 members (excludes halogenated alkanes) is 1. The summed E-state index contributed by atoms with van der Waals surface area (Å²) in [6, 6.07) is 0. The van der Waals surface area contributed by atoms with E-state index in [0.717, 1.165) is 31.6 Å². The Bertz CT molecular complexity index is 204. The van der Waals surface area contributed by atoms with Gasteiger partial charge in [0.05, 0.1) is 0 Å². The van der Waals surface area contributed by atoms with Crippen LogP contribution in [-0.4, -0.2) is 26.8 Å². The SMILES string of the molecule is CNCC(CCCCC1CCOCC1)C(C)(C)C. The van der Waals surface area contributed by atoms with Crippen molar-refractivity contribution in [2.24, 2.45) is 17.3 Å². The maximum Gasteiger partial charge on any atom is 0.0468 e. The summed E-state index contributed by atoms with van der Waals surface area (Å²) >= 11 is 0.